The van der Waals surface area contributed by atoms with E-state index in [-0.39, 0.29) is 5.78 Å². The number of hydrogen-bond acceptors (Lipinski definition) is 3. The molecule has 3 nitrogen and oxygen atoms in total. The lowest BCUT2D eigenvalue weighted by atomic mass is 10.0. The Hall–Kier alpha value is -1.51. The first-order valence-corrected chi connectivity index (χ1v) is 3.36. The highest BCUT2D eigenvalue weighted by atomic mass is 16.1. The zero-order valence-corrected chi connectivity index (χ0v) is 5.82. The van der Waals surface area contributed by atoms with E-state index in [0.29, 0.717) is 6.42 Å². The molecule has 0 N–H and O–H groups in total. The van der Waals surface area contributed by atoms with E-state index in [9.17, 15) is 4.79 Å². The Labute approximate surface area is 63.8 Å². The summed E-state index contributed by atoms with van der Waals surface area (Å²) >= 11 is 0. The van der Waals surface area contributed by atoms with Gasteiger partial charge in [0, 0.05) is 11.8 Å². The van der Waals surface area contributed by atoms with Crippen LogP contribution in [0.25, 0.3) is 6.08 Å². The quantitative estimate of drug-likeness (QED) is 0.538. The number of nitrogens with zero attached hydrogens (tertiary/aromatic N) is 2. The average molecular weight is 146 g/mol. The van der Waals surface area contributed by atoms with E-state index in [4.69, 9.17) is 0 Å². The molecule has 0 bridgehead atoms. The first kappa shape index (κ1) is 6.22. The van der Waals surface area contributed by atoms with Gasteiger partial charge < -0.3 is 0 Å². The number of carbonyl (C=O) groups excluding carboxylic acids is 1. The highest BCUT2D eigenvalue weighted by molar-refractivity contribution is 5.97. The molecule has 11 heavy (non-hydrogen) atoms. The molecule has 0 aliphatic heterocycles. The number of fused-ring (bicyclic) bond motifs is 1. The van der Waals surface area contributed by atoms with Gasteiger partial charge in [-0.15, -0.1) is 0 Å². The van der Waals surface area contributed by atoms with Crippen molar-refractivity contribution in [1.82, 2.24) is 9.97 Å². The Morgan fingerprint density at radius 3 is 3.18 bits per heavy atom. The fraction of sp³-hybridized carbons (Fsp3) is 0.125. The Kier molecular flexibility index (Phi) is 1.28. The highest BCUT2D eigenvalue weighted by Gasteiger charge is 2.10. The topological polar surface area (TPSA) is 42.9 Å². The van der Waals surface area contributed by atoms with Crippen LogP contribution in [0.1, 0.15) is 11.3 Å². The molecular weight excluding hydrogens is 140 g/mol. The van der Waals surface area contributed by atoms with Crippen molar-refractivity contribution in [3.8, 4) is 0 Å². The van der Waals surface area contributed by atoms with Crippen molar-refractivity contribution in [1.29, 1.82) is 0 Å². The molecule has 54 valence electrons. The van der Waals surface area contributed by atoms with Crippen LogP contribution in [-0.4, -0.2) is 15.8 Å². The SMILES string of the molecule is O=C1C=Cc2cncnc2C1. The van der Waals surface area contributed by atoms with Crippen molar-refractivity contribution in [2.75, 3.05) is 0 Å². The third kappa shape index (κ3) is 1.05. The monoisotopic (exact) mass is 146 g/mol. The van der Waals surface area contributed by atoms with Gasteiger partial charge in [-0.3, -0.25) is 4.79 Å². The van der Waals surface area contributed by atoms with Gasteiger partial charge in [-0.25, -0.2) is 9.97 Å². The minimum absolute atomic E-state index is 0.108. The van der Waals surface area contributed by atoms with Gasteiger partial charge in [-0.1, -0.05) is 0 Å². The summed E-state index contributed by atoms with van der Waals surface area (Å²) in [7, 11) is 0. The second kappa shape index (κ2) is 2.27. The van der Waals surface area contributed by atoms with E-state index in [2.05, 4.69) is 9.97 Å². The number of aromatic nitrogens is 2. The molecule has 1 aliphatic rings. The van der Waals surface area contributed by atoms with Crippen LogP contribution in [0.15, 0.2) is 18.6 Å². The van der Waals surface area contributed by atoms with Gasteiger partial charge in [0.05, 0.1) is 12.1 Å². The zero-order valence-electron chi connectivity index (χ0n) is 5.82. The lowest BCUT2D eigenvalue weighted by molar-refractivity contribution is -0.114. The van der Waals surface area contributed by atoms with Gasteiger partial charge in [-0.05, 0) is 12.2 Å². The van der Waals surface area contributed by atoms with Crippen molar-refractivity contribution in [2.45, 2.75) is 6.42 Å². The Morgan fingerprint density at radius 2 is 2.27 bits per heavy atom. The number of rotatable bonds is 0. The van der Waals surface area contributed by atoms with Crippen LogP contribution in [0.3, 0.4) is 0 Å². The molecule has 1 aromatic heterocycles. The average Bonchev–Trinajstić information content (AvgIpc) is 2.04. The van der Waals surface area contributed by atoms with Crippen LogP contribution < -0.4 is 0 Å². The molecule has 0 spiro atoms. The van der Waals surface area contributed by atoms with Crippen LogP contribution in [0.2, 0.25) is 0 Å². The number of ketones is 1. The first-order valence-electron chi connectivity index (χ1n) is 3.36. The number of hydrogen-bond donors (Lipinski definition) is 0. The molecule has 0 saturated carbocycles. The standard InChI is InChI=1S/C8H6N2O/c11-7-2-1-6-4-9-5-10-8(6)3-7/h1-2,4-5H,3H2. The summed E-state index contributed by atoms with van der Waals surface area (Å²) in [5.74, 6) is 0.108. The molecule has 1 aromatic rings. The van der Waals surface area contributed by atoms with E-state index < -0.39 is 0 Å². The predicted octanol–water partition coefficient (Wildman–Crippen LogP) is 0.615. The third-order valence-corrected chi connectivity index (χ3v) is 1.62. The second-order valence-electron chi connectivity index (χ2n) is 2.40. The molecular formula is C8H6N2O. The minimum atomic E-state index is 0.108. The van der Waals surface area contributed by atoms with Crippen molar-refractivity contribution in [3.05, 3.63) is 29.9 Å². The number of carbonyl (C=O) groups is 1. The van der Waals surface area contributed by atoms with Crippen molar-refractivity contribution >= 4 is 11.9 Å². The lowest BCUT2D eigenvalue weighted by Crippen LogP contribution is -2.07. The Balaban J connectivity index is 2.54. The fourth-order valence-electron chi connectivity index (χ4n) is 1.06. The summed E-state index contributed by atoms with van der Waals surface area (Å²) in [5, 5.41) is 0. The van der Waals surface area contributed by atoms with E-state index in [1.54, 1.807) is 18.3 Å². The maximum atomic E-state index is 10.9. The molecule has 3 heteroatoms. The van der Waals surface area contributed by atoms with Gasteiger partial charge in [0.1, 0.15) is 6.33 Å². The van der Waals surface area contributed by atoms with Gasteiger partial charge in [0.15, 0.2) is 5.78 Å². The maximum absolute atomic E-state index is 10.9. The smallest absolute Gasteiger partial charge is 0.161 e. The van der Waals surface area contributed by atoms with Gasteiger partial charge >= 0.3 is 0 Å². The van der Waals surface area contributed by atoms with E-state index in [0.717, 1.165) is 11.3 Å². The lowest BCUT2D eigenvalue weighted by Gasteiger charge is -2.05. The summed E-state index contributed by atoms with van der Waals surface area (Å²) < 4.78 is 0. The Bertz CT molecular complexity index is 331. The molecule has 0 fully saturated rings. The predicted molar refractivity (Wildman–Crippen MR) is 39.8 cm³/mol. The summed E-state index contributed by atoms with van der Waals surface area (Å²) in [4.78, 5) is 18.7. The summed E-state index contributed by atoms with van der Waals surface area (Å²) in [5.41, 5.74) is 1.78. The molecule has 0 radical (unpaired) electrons. The molecule has 0 aromatic carbocycles. The molecule has 0 unspecified atom stereocenters. The van der Waals surface area contributed by atoms with Crippen molar-refractivity contribution in [3.63, 3.8) is 0 Å². The van der Waals surface area contributed by atoms with E-state index in [1.165, 1.54) is 6.33 Å². The zero-order chi connectivity index (χ0) is 7.68. The summed E-state index contributed by atoms with van der Waals surface area (Å²) in [6.45, 7) is 0. The van der Waals surface area contributed by atoms with Crippen LogP contribution in [0.4, 0.5) is 0 Å². The molecule has 1 aliphatic carbocycles. The Morgan fingerprint density at radius 1 is 1.36 bits per heavy atom. The first-order chi connectivity index (χ1) is 5.36. The van der Waals surface area contributed by atoms with Gasteiger partial charge in [0.2, 0.25) is 0 Å². The number of allylic oxidation sites excluding steroid dienone is 1. The van der Waals surface area contributed by atoms with Crippen molar-refractivity contribution in [2.24, 2.45) is 0 Å². The van der Waals surface area contributed by atoms with E-state index in [1.807, 2.05) is 0 Å². The summed E-state index contributed by atoms with van der Waals surface area (Å²) in [6.07, 6.45) is 6.90. The van der Waals surface area contributed by atoms with Crippen LogP contribution in [0, 0.1) is 0 Å². The van der Waals surface area contributed by atoms with Crippen LogP contribution in [0.5, 0.6) is 0 Å². The largest absolute Gasteiger partial charge is 0.294 e. The third-order valence-electron chi connectivity index (χ3n) is 1.62. The van der Waals surface area contributed by atoms with Crippen LogP contribution >= 0.6 is 0 Å². The molecule has 0 atom stereocenters. The minimum Gasteiger partial charge on any atom is -0.294 e. The van der Waals surface area contributed by atoms with E-state index >= 15 is 0 Å². The van der Waals surface area contributed by atoms with Crippen LogP contribution in [-0.2, 0) is 11.2 Å². The molecule has 0 amide bonds. The van der Waals surface area contributed by atoms with Gasteiger partial charge in [0.25, 0.3) is 0 Å². The fourth-order valence-corrected chi connectivity index (χ4v) is 1.06. The summed E-state index contributed by atoms with van der Waals surface area (Å²) in [6, 6.07) is 0. The normalized spacial score (nSPS) is 14.7. The second-order valence-corrected chi connectivity index (χ2v) is 2.40. The molecule has 0 saturated heterocycles. The highest BCUT2D eigenvalue weighted by Crippen LogP contribution is 2.12. The molecule has 2 rings (SSSR count). The van der Waals surface area contributed by atoms with Crippen molar-refractivity contribution < 1.29 is 4.79 Å². The van der Waals surface area contributed by atoms with Gasteiger partial charge in [-0.2, -0.15) is 0 Å². The molecule has 1 heterocycles. The maximum Gasteiger partial charge on any atom is 0.161 e.